The molecule has 0 saturated heterocycles. The molecule has 0 spiro atoms. The first-order chi connectivity index (χ1) is 10.8. The molecule has 0 radical (unpaired) electrons. The highest BCUT2D eigenvalue weighted by molar-refractivity contribution is 6.30. The second kappa shape index (κ2) is 6.80. The van der Waals surface area contributed by atoms with Crippen LogP contribution in [0.3, 0.4) is 0 Å². The number of rotatable bonds is 5. The number of aromatic nitrogens is 1. The van der Waals surface area contributed by atoms with Crippen LogP contribution in [0.15, 0.2) is 60.9 Å². The Kier molecular flexibility index (Phi) is 4.59. The lowest BCUT2D eigenvalue weighted by molar-refractivity contribution is 0.695. The fourth-order valence-corrected chi connectivity index (χ4v) is 2.79. The maximum absolute atomic E-state index is 5.97. The van der Waals surface area contributed by atoms with Crippen molar-refractivity contribution in [2.24, 2.45) is 0 Å². The van der Waals surface area contributed by atoms with Crippen LogP contribution in [-0.4, -0.2) is 11.5 Å². The van der Waals surface area contributed by atoms with E-state index in [0.717, 1.165) is 29.1 Å². The number of hydrogen-bond donors (Lipinski definition) is 1. The maximum atomic E-state index is 5.97. The van der Waals surface area contributed by atoms with Crippen LogP contribution >= 0.6 is 11.6 Å². The molecule has 1 unspecified atom stereocenters. The molecule has 0 fully saturated rings. The standard InChI is InChI=1S/C19H19ClN2/c1-2-14(15-3-6-18(20)7-4-15)13-22-19-8-5-17-12-21-10-9-16(17)11-19/h3-12,14,22H,2,13H2,1H3. The summed E-state index contributed by atoms with van der Waals surface area (Å²) in [6.45, 7) is 3.13. The second-order valence-electron chi connectivity index (χ2n) is 5.48. The van der Waals surface area contributed by atoms with Gasteiger partial charge in [-0.05, 0) is 47.7 Å². The van der Waals surface area contributed by atoms with E-state index in [4.69, 9.17) is 11.6 Å². The molecule has 1 heterocycles. The first-order valence-electron chi connectivity index (χ1n) is 7.59. The molecule has 2 nitrogen and oxygen atoms in total. The number of benzene rings is 2. The lowest BCUT2D eigenvalue weighted by Crippen LogP contribution is -2.12. The van der Waals surface area contributed by atoms with Crippen molar-refractivity contribution in [3.8, 4) is 0 Å². The highest BCUT2D eigenvalue weighted by Crippen LogP contribution is 2.23. The summed E-state index contributed by atoms with van der Waals surface area (Å²) in [6.07, 6.45) is 4.81. The van der Waals surface area contributed by atoms with E-state index in [2.05, 4.69) is 47.6 Å². The average Bonchev–Trinajstić information content (AvgIpc) is 2.57. The average molecular weight is 311 g/mol. The molecule has 0 aliphatic rings. The van der Waals surface area contributed by atoms with Crippen LogP contribution in [0.2, 0.25) is 5.02 Å². The smallest absolute Gasteiger partial charge is 0.0406 e. The number of nitrogens with zero attached hydrogens (tertiary/aromatic N) is 1. The Bertz CT molecular complexity index is 753. The lowest BCUT2D eigenvalue weighted by Gasteiger charge is -2.17. The van der Waals surface area contributed by atoms with Crippen molar-refractivity contribution < 1.29 is 0 Å². The van der Waals surface area contributed by atoms with Crippen LogP contribution in [0.4, 0.5) is 5.69 Å². The van der Waals surface area contributed by atoms with Crippen LogP contribution in [0, 0.1) is 0 Å². The lowest BCUT2D eigenvalue weighted by atomic mass is 9.96. The van der Waals surface area contributed by atoms with Gasteiger partial charge in [0.15, 0.2) is 0 Å². The SMILES string of the molecule is CCC(CNc1ccc2cnccc2c1)c1ccc(Cl)cc1. The van der Waals surface area contributed by atoms with Crippen LogP contribution in [0.1, 0.15) is 24.8 Å². The van der Waals surface area contributed by atoms with Gasteiger partial charge < -0.3 is 5.32 Å². The Balaban J connectivity index is 1.72. The van der Waals surface area contributed by atoms with Crippen molar-refractivity contribution in [3.63, 3.8) is 0 Å². The number of pyridine rings is 1. The zero-order valence-corrected chi connectivity index (χ0v) is 13.3. The largest absolute Gasteiger partial charge is 0.384 e. The number of fused-ring (bicyclic) bond motifs is 1. The van der Waals surface area contributed by atoms with E-state index in [-0.39, 0.29) is 0 Å². The topological polar surface area (TPSA) is 24.9 Å². The minimum absolute atomic E-state index is 0.477. The highest BCUT2D eigenvalue weighted by atomic mass is 35.5. The maximum Gasteiger partial charge on any atom is 0.0406 e. The summed E-state index contributed by atoms with van der Waals surface area (Å²) in [5, 5.41) is 6.71. The van der Waals surface area contributed by atoms with Gasteiger partial charge in [0.1, 0.15) is 0 Å². The molecule has 3 aromatic rings. The molecule has 112 valence electrons. The van der Waals surface area contributed by atoms with Gasteiger partial charge in [0.25, 0.3) is 0 Å². The normalized spacial score (nSPS) is 12.3. The van der Waals surface area contributed by atoms with Gasteiger partial charge in [-0.15, -0.1) is 0 Å². The van der Waals surface area contributed by atoms with Crippen molar-refractivity contribution in [2.45, 2.75) is 19.3 Å². The Morgan fingerprint density at radius 3 is 2.64 bits per heavy atom. The third kappa shape index (κ3) is 3.40. The molecule has 2 aromatic carbocycles. The zero-order valence-electron chi connectivity index (χ0n) is 12.6. The number of nitrogens with one attached hydrogen (secondary N) is 1. The molecule has 3 heteroatoms. The minimum Gasteiger partial charge on any atom is -0.384 e. The summed E-state index contributed by atoms with van der Waals surface area (Å²) in [4.78, 5) is 4.15. The van der Waals surface area contributed by atoms with E-state index in [1.807, 2.05) is 30.6 Å². The molecule has 0 saturated carbocycles. The molecular weight excluding hydrogens is 292 g/mol. The molecule has 1 atom stereocenters. The molecular formula is C19H19ClN2. The summed E-state index contributed by atoms with van der Waals surface area (Å²) in [5.41, 5.74) is 2.47. The summed E-state index contributed by atoms with van der Waals surface area (Å²) in [6, 6.07) is 16.6. The highest BCUT2D eigenvalue weighted by Gasteiger charge is 2.09. The van der Waals surface area contributed by atoms with Gasteiger partial charge in [0.2, 0.25) is 0 Å². The van der Waals surface area contributed by atoms with Crippen molar-refractivity contribution in [1.29, 1.82) is 0 Å². The number of hydrogen-bond acceptors (Lipinski definition) is 2. The Morgan fingerprint density at radius 1 is 1.05 bits per heavy atom. The van der Waals surface area contributed by atoms with Gasteiger partial charge in [-0.25, -0.2) is 0 Å². The molecule has 1 N–H and O–H groups in total. The summed E-state index contributed by atoms with van der Waals surface area (Å²) >= 11 is 5.97. The zero-order chi connectivity index (χ0) is 15.4. The van der Waals surface area contributed by atoms with E-state index in [1.165, 1.54) is 10.9 Å². The van der Waals surface area contributed by atoms with Gasteiger partial charge in [0, 0.05) is 41.0 Å². The Morgan fingerprint density at radius 2 is 1.86 bits per heavy atom. The fraction of sp³-hybridized carbons (Fsp3) is 0.211. The molecule has 22 heavy (non-hydrogen) atoms. The third-order valence-corrected chi connectivity index (χ3v) is 4.28. The van der Waals surface area contributed by atoms with Crippen molar-refractivity contribution in [2.75, 3.05) is 11.9 Å². The monoisotopic (exact) mass is 310 g/mol. The Labute approximate surface area is 136 Å². The van der Waals surface area contributed by atoms with Gasteiger partial charge in [-0.3, -0.25) is 4.98 Å². The fourth-order valence-electron chi connectivity index (χ4n) is 2.67. The molecule has 3 rings (SSSR count). The summed E-state index contributed by atoms with van der Waals surface area (Å²) in [5.74, 6) is 0.477. The molecule has 0 amide bonds. The van der Waals surface area contributed by atoms with Crippen molar-refractivity contribution >= 4 is 28.1 Å². The van der Waals surface area contributed by atoms with Gasteiger partial charge in [0.05, 0.1) is 0 Å². The van der Waals surface area contributed by atoms with Crippen LogP contribution in [-0.2, 0) is 0 Å². The van der Waals surface area contributed by atoms with Crippen molar-refractivity contribution in [3.05, 3.63) is 71.5 Å². The van der Waals surface area contributed by atoms with E-state index >= 15 is 0 Å². The molecule has 0 aliphatic carbocycles. The second-order valence-corrected chi connectivity index (χ2v) is 5.91. The van der Waals surface area contributed by atoms with E-state index in [0.29, 0.717) is 5.92 Å². The van der Waals surface area contributed by atoms with Crippen LogP contribution in [0.25, 0.3) is 10.8 Å². The van der Waals surface area contributed by atoms with Gasteiger partial charge in [-0.2, -0.15) is 0 Å². The number of anilines is 1. The quantitative estimate of drug-likeness (QED) is 0.673. The minimum atomic E-state index is 0.477. The molecule has 1 aromatic heterocycles. The van der Waals surface area contributed by atoms with Crippen LogP contribution in [0.5, 0.6) is 0 Å². The molecule has 0 bridgehead atoms. The van der Waals surface area contributed by atoms with Crippen LogP contribution < -0.4 is 5.32 Å². The first kappa shape index (κ1) is 14.9. The summed E-state index contributed by atoms with van der Waals surface area (Å²) < 4.78 is 0. The predicted octanol–water partition coefficient (Wildman–Crippen LogP) is 5.49. The number of halogens is 1. The third-order valence-electron chi connectivity index (χ3n) is 4.03. The first-order valence-corrected chi connectivity index (χ1v) is 7.97. The van der Waals surface area contributed by atoms with Crippen molar-refractivity contribution in [1.82, 2.24) is 4.98 Å². The van der Waals surface area contributed by atoms with Gasteiger partial charge in [-0.1, -0.05) is 36.7 Å². The van der Waals surface area contributed by atoms with E-state index < -0.39 is 0 Å². The van der Waals surface area contributed by atoms with E-state index in [9.17, 15) is 0 Å². The van der Waals surface area contributed by atoms with E-state index in [1.54, 1.807) is 0 Å². The molecule has 0 aliphatic heterocycles. The summed E-state index contributed by atoms with van der Waals surface area (Å²) in [7, 11) is 0. The predicted molar refractivity (Wildman–Crippen MR) is 94.7 cm³/mol. The Hall–Kier alpha value is -2.06. The van der Waals surface area contributed by atoms with Gasteiger partial charge >= 0.3 is 0 Å².